The van der Waals surface area contributed by atoms with Crippen molar-refractivity contribution >= 4 is 87.8 Å². The van der Waals surface area contributed by atoms with Crippen LogP contribution >= 0.6 is 0 Å². The van der Waals surface area contributed by atoms with Gasteiger partial charge in [0, 0.05) is 0 Å². The summed E-state index contributed by atoms with van der Waals surface area (Å²) in [6.45, 7) is 0. The van der Waals surface area contributed by atoms with E-state index in [-0.39, 0.29) is 132 Å². The molecule has 13 heavy (non-hydrogen) atoms. The molecule has 8 nitrogen and oxygen atoms in total. The van der Waals surface area contributed by atoms with E-state index in [1.807, 2.05) is 0 Å². The van der Waals surface area contributed by atoms with Gasteiger partial charge in [0.05, 0.1) is 0 Å². The van der Waals surface area contributed by atoms with Crippen LogP contribution < -0.4 is 68.9 Å². The molecule has 0 aromatic rings. The molecule has 0 rings (SSSR count). The average molecular weight is 488 g/mol. The second kappa shape index (κ2) is 14.2. The van der Waals surface area contributed by atoms with Gasteiger partial charge in [0.1, 0.15) is 0 Å². The van der Waals surface area contributed by atoms with Crippen LogP contribution in [0.4, 0.5) is 0 Å². The summed E-state index contributed by atoms with van der Waals surface area (Å²) in [5.74, 6) is 0. The third-order valence-corrected chi connectivity index (χ3v) is 0. The van der Waals surface area contributed by atoms with Crippen LogP contribution in [0, 0.1) is 0 Å². The fourth-order valence-corrected chi connectivity index (χ4v) is 0. The molecule has 0 aliphatic heterocycles. The van der Waals surface area contributed by atoms with Crippen molar-refractivity contribution < 1.29 is 102 Å². The summed E-state index contributed by atoms with van der Waals surface area (Å²) >= 11 is -5.12. The number of hydrogen-bond donors (Lipinski definition) is 5. The molecular weight excluding hydrogens is 482 g/mol. The van der Waals surface area contributed by atoms with Gasteiger partial charge >= 0.3 is 173 Å². The Bertz CT molecular complexity index is 202. The Hall–Kier alpha value is 4.17. The Balaban J connectivity index is -0.0000000267. The minimum atomic E-state index is -5.12. The molecule has 64 valence electrons. The summed E-state index contributed by atoms with van der Waals surface area (Å²) in [7, 11) is -4.67. The van der Waals surface area contributed by atoms with Gasteiger partial charge in [-0.15, -0.1) is 0 Å². The summed E-state index contributed by atoms with van der Waals surface area (Å²) in [4.78, 5) is 0. The molecule has 0 spiro atoms. The molecule has 0 radical (unpaired) electrons. The summed E-state index contributed by atoms with van der Waals surface area (Å²) in [6, 6.07) is 0. The molecule has 0 aliphatic rings. The zero-order valence-electron chi connectivity index (χ0n) is 6.60. The first-order valence-corrected chi connectivity index (χ1v) is 6.16. The van der Waals surface area contributed by atoms with E-state index in [1.165, 1.54) is 0 Å². The molecule has 0 atom stereocenters. The van der Waals surface area contributed by atoms with Crippen LogP contribution in [-0.4, -0.2) is 107 Å². The third-order valence-electron chi connectivity index (χ3n) is 0. The number of hydrogen-bond acceptors (Lipinski definition) is 3. The van der Waals surface area contributed by atoms with E-state index >= 15 is 0 Å². The molecule has 0 aromatic heterocycles. The first kappa shape index (κ1) is 30.3. The topological polar surface area (TPSA) is 152 Å². The third kappa shape index (κ3) is 187. The predicted molar refractivity (Wildman–Crippen MR) is 38.8 cm³/mol. The molecule has 0 fully saturated rings. The molecular formula is H5AlAsCsO8SSr+6. The van der Waals surface area contributed by atoms with Crippen LogP contribution in [0.3, 0.4) is 0 Å². The zero-order valence-corrected chi connectivity index (χ0v) is 20.2. The van der Waals surface area contributed by atoms with E-state index in [0.717, 1.165) is 0 Å². The Morgan fingerprint density at radius 1 is 1.00 bits per heavy atom. The van der Waals surface area contributed by atoms with Gasteiger partial charge in [0.15, 0.2) is 0 Å². The van der Waals surface area contributed by atoms with Crippen molar-refractivity contribution in [2.75, 3.05) is 0 Å². The predicted octanol–water partition coefficient (Wildman–Crippen LogP) is -6.58. The molecule has 0 aromatic carbocycles. The van der Waals surface area contributed by atoms with Crippen molar-refractivity contribution in [1.82, 2.24) is 0 Å². The molecule has 0 heterocycles. The molecule has 0 aliphatic carbocycles. The summed E-state index contributed by atoms with van der Waals surface area (Å²) in [6.07, 6.45) is 0. The van der Waals surface area contributed by atoms with Gasteiger partial charge in [-0.1, -0.05) is 0 Å². The minimum Gasteiger partial charge on any atom is 1.00 e. The van der Waals surface area contributed by atoms with Crippen LogP contribution in [-0.2, 0) is 14.1 Å². The van der Waals surface area contributed by atoms with Gasteiger partial charge in [0.2, 0.25) is 0 Å². The molecule has 13 heteroatoms. The van der Waals surface area contributed by atoms with Crippen LogP contribution in [0.15, 0.2) is 0 Å². The molecule has 0 bridgehead atoms. The largest absolute Gasteiger partial charge is 3.00 e. The molecule has 0 unspecified atom stereocenters. The maximum atomic E-state index is 8.94. The summed E-state index contributed by atoms with van der Waals surface area (Å²) in [5.41, 5.74) is 0. The Morgan fingerprint density at radius 2 is 1.00 bits per heavy atom. The van der Waals surface area contributed by atoms with E-state index in [9.17, 15) is 0 Å². The van der Waals surface area contributed by atoms with Gasteiger partial charge in [0.25, 0.3) is 0 Å². The van der Waals surface area contributed by atoms with Crippen molar-refractivity contribution in [2.45, 2.75) is 0 Å². The normalized spacial score (nSPS) is 9.00. The first-order valence-electron chi connectivity index (χ1n) is 1.48. The SMILES string of the molecule is O=S(=O)(O)O.O=[As](O)(O)O.[Al+3].[Cs+].[Sr+2]. The van der Waals surface area contributed by atoms with Gasteiger partial charge in [-0.3, -0.25) is 9.11 Å². The Morgan fingerprint density at radius 3 is 1.00 bits per heavy atom. The van der Waals surface area contributed by atoms with Crippen molar-refractivity contribution in [3.8, 4) is 0 Å². The van der Waals surface area contributed by atoms with Crippen LogP contribution in [0.2, 0.25) is 0 Å². The van der Waals surface area contributed by atoms with Gasteiger partial charge < -0.3 is 0 Å². The van der Waals surface area contributed by atoms with Gasteiger partial charge in [-0.2, -0.15) is 8.42 Å². The maximum absolute atomic E-state index is 8.94. The summed E-state index contributed by atoms with van der Waals surface area (Å²) < 4.78 is 62.3. The molecule has 0 amide bonds. The van der Waals surface area contributed by atoms with Crippen molar-refractivity contribution in [2.24, 2.45) is 0 Å². The second-order valence-electron chi connectivity index (χ2n) is 0.961. The van der Waals surface area contributed by atoms with Crippen molar-refractivity contribution in [3.63, 3.8) is 0 Å². The van der Waals surface area contributed by atoms with Crippen LogP contribution in [0.1, 0.15) is 0 Å². The molecule has 5 N–H and O–H groups in total. The van der Waals surface area contributed by atoms with Crippen LogP contribution in [0.25, 0.3) is 0 Å². The van der Waals surface area contributed by atoms with E-state index in [4.69, 9.17) is 33.5 Å². The quantitative estimate of drug-likeness (QED) is 0.167. The van der Waals surface area contributed by atoms with Gasteiger partial charge in [-0.25, -0.2) is 0 Å². The fraction of sp³-hybridized carbons (Fsp3) is 0. The van der Waals surface area contributed by atoms with Crippen LogP contribution in [0.5, 0.6) is 0 Å². The Labute approximate surface area is 185 Å². The monoisotopic (exact) mass is 488 g/mol. The number of rotatable bonds is 0. The standard InChI is InChI=1S/Al.AsH3O4.Cs.H2O4S.Sr/c;2-1(3,4)5;;1-5(2,3)4;/h;(H3,2,3,4,5);;(H2,1,2,3,4);/q+3;;+1;;+2. The molecule has 0 saturated carbocycles. The van der Waals surface area contributed by atoms with Crippen molar-refractivity contribution in [3.05, 3.63) is 0 Å². The maximum Gasteiger partial charge on any atom is 3.00 e. The second-order valence-corrected chi connectivity index (χ2v) is 4.01. The van der Waals surface area contributed by atoms with Crippen molar-refractivity contribution in [1.29, 1.82) is 0 Å². The average Bonchev–Trinajstić information content (AvgIpc) is 1.12. The van der Waals surface area contributed by atoms with Gasteiger partial charge in [-0.05, 0) is 0 Å². The summed E-state index contributed by atoms with van der Waals surface area (Å²) in [5, 5.41) is 0. The zero-order chi connectivity index (χ0) is 9.00. The van der Waals surface area contributed by atoms with E-state index in [2.05, 4.69) is 0 Å². The first-order chi connectivity index (χ1) is 4.00. The van der Waals surface area contributed by atoms with E-state index in [1.54, 1.807) is 0 Å². The Kier molecular flexibility index (Phi) is 33.2. The fourth-order valence-electron chi connectivity index (χ4n) is 0. The molecule has 0 saturated heterocycles. The minimum absolute atomic E-state index is 0. The van der Waals surface area contributed by atoms with E-state index < -0.39 is 24.9 Å². The van der Waals surface area contributed by atoms with E-state index in [0.29, 0.717) is 0 Å². The smallest absolute Gasteiger partial charge is 1.00 e.